The molecule has 0 saturated carbocycles. The van der Waals surface area contributed by atoms with Gasteiger partial charge in [0.2, 0.25) is 0 Å². The van der Waals surface area contributed by atoms with Crippen molar-refractivity contribution in [2.75, 3.05) is 0 Å². The summed E-state index contributed by atoms with van der Waals surface area (Å²) in [7, 11) is 0. The van der Waals surface area contributed by atoms with Gasteiger partial charge in [-0.2, -0.15) is 0 Å². The maximum absolute atomic E-state index is 5.94. The fourth-order valence-electron chi connectivity index (χ4n) is 4.88. The zero-order valence-electron chi connectivity index (χ0n) is 21.9. The Hall–Kier alpha value is -3.85. The van der Waals surface area contributed by atoms with Crippen LogP contribution in [0.25, 0.3) is 44.3 Å². The minimum Gasteiger partial charge on any atom is -0.506 e. The Morgan fingerprint density at radius 3 is 2.46 bits per heavy atom. The summed E-state index contributed by atoms with van der Waals surface area (Å²) in [5.41, 5.74) is 8.54. The van der Waals surface area contributed by atoms with Crippen molar-refractivity contribution in [2.24, 2.45) is 5.92 Å². The van der Waals surface area contributed by atoms with Crippen LogP contribution in [0.15, 0.2) is 103 Å². The average Bonchev–Trinajstić information content (AvgIpc) is 2.97. The van der Waals surface area contributed by atoms with Crippen LogP contribution in [-0.2, 0) is 33.1 Å². The van der Waals surface area contributed by atoms with Crippen LogP contribution < -0.4 is 4.74 Å². The van der Waals surface area contributed by atoms with Crippen LogP contribution in [0.3, 0.4) is 0 Å². The minimum atomic E-state index is 0. The van der Waals surface area contributed by atoms with E-state index in [1.807, 2.05) is 60.7 Å². The van der Waals surface area contributed by atoms with Crippen LogP contribution >= 0.6 is 0 Å². The van der Waals surface area contributed by atoms with Crippen molar-refractivity contribution in [1.82, 2.24) is 9.97 Å². The molecule has 3 nitrogen and oxygen atoms in total. The molecule has 4 aromatic carbocycles. The molecule has 0 saturated heterocycles. The zero-order chi connectivity index (χ0) is 25.9. The number of pyridine rings is 2. The fourth-order valence-corrected chi connectivity index (χ4v) is 4.88. The summed E-state index contributed by atoms with van der Waals surface area (Å²) in [5, 5.41) is 2.37. The number of rotatable bonds is 3. The van der Waals surface area contributed by atoms with E-state index in [-0.39, 0.29) is 20.1 Å². The Labute approximate surface area is 243 Å². The van der Waals surface area contributed by atoms with Gasteiger partial charge in [-0.3, -0.25) is 9.97 Å². The van der Waals surface area contributed by atoms with E-state index < -0.39 is 0 Å². The van der Waals surface area contributed by atoms with E-state index in [0.29, 0.717) is 12.5 Å². The molecule has 7 rings (SSSR count). The maximum Gasteiger partial charge on any atom is 0.104 e. The second-order valence-electron chi connectivity index (χ2n) is 9.94. The summed E-state index contributed by atoms with van der Waals surface area (Å²) in [5.74, 6) is 1.50. The first-order chi connectivity index (χ1) is 18.7. The third-order valence-corrected chi connectivity index (χ3v) is 6.69. The molecular weight excluding hydrogens is 657 g/mol. The van der Waals surface area contributed by atoms with Crippen molar-refractivity contribution in [3.05, 3.63) is 126 Å². The number of aromatic nitrogens is 2. The Morgan fingerprint density at radius 1 is 0.795 bits per heavy atom. The molecular formula is C35H28IrN2O-2. The van der Waals surface area contributed by atoms with E-state index in [9.17, 15) is 0 Å². The zero-order valence-corrected chi connectivity index (χ0v) is 24.3. The van der Waals surface area contributed by atoms with Crippen molar-refractivity contribution in [1.29, 1.82) is 0 Å². The first-order valence-corrected chi connectivity index (χ1v) is 13.0. The van der Waals surface area contributed by atoms with Crippen molar-refractivity contribution < 1.29 is 24.8 Å². The molecule has 195 valence electrons. The average molecular weight is 685 g/mol. The summed E-state index contributed by atoms with van der Waals surface area (Å²) < 4.78 is 5.94. The summed E-state index contributed by atoms with van der Waals surface area (Å²) >= 11 is 0. The Balaban J connectivity index is 0.000000161. The molecule has 0 aliphatic carbocycles. The number of ether oxygens (including phenoxy) is 1. The van der Waals surface area contributed by atoms with Gasteiger partial charge in [-0.05, 0) is 47.2 Å². The molecule has 0 N–H and O–H groups in total. The summed E-state index contributed by atoms with van der Waals surface area (Å²) in [6, 6.07) is 41.2. The van der Waals surface area contributed by atoms with Crippen molar-refractivity contribution >= 4 is 21.8 Å². The molecule has 2 aromatic heterocycles. The third-order valence-electron chi connectivity index (χ3n) is 6.69. The second-order valence-corrected chi connectivity index (χ2v) is 9.94. The molecule has 39 heavy (non-hydrogen) atoms. The van der Waals surface area contributed by atoms with Crippen LogP contribution in [0.4, 0.5) is 0 Å². The second kappa shape index (κ2) is 11.9. The number of para-hydroxylation sites is 1. The topological polar surface area (TPSA) is 35.0 Å². The molecule has 0 amide bonds. The molecule has 6 aromatic rings. The Kier molecular flexibility index (Phi) is 8.16. The number of fused-ring (bicyclic) bond motifs is 5. The molecule has 1 aliphatic heterocycles. The van der Waals surface area contributed by atoms with Crippen LogP contribution in [0.2, 0.25) is 0 Å². The molecule has 1 radical (unpaired) electrons. The molecule has 4 heteroatoms. The van der Waals surface area contributed by atoms with Gasteiger partial charge in [0.15, 0.2) is 0 Å². The molecule has 0 bridgehead atoms. The standard InChI is InChI=1S/C20H18NO.C15H10N.Ir/c1-13(2)10-14-7-5-9-18-17(14)11-19-20(21-18)16-8-4-3-6-15(16)12-22-19;1-2-6-12(7-3-1)15-11-10-13-8-4-5-9-14(13)16-15;/h3-7,9,11,13H,10,12H2,1-2H3;1-6,8-11H;/q2*-1;. The van der Waals surface area contributed by atoms with Gasteiger partial charge in [-0.25, -0.2) is 0 Å². The molecule has 0 fully saturated rings. The van der Waals surface area contributed by atoms with Gasteiger partial charge in [-0.1, -0.05) is 61.9 Å². The van der Waals surface area contributed by atoms with Gasteiger partial charge in [0.05, 0.1) is 17.6 Å². The number of benzene rings is 4. The SMILES string of the molecule is CC(C)Cc1cccc2nc3c(cc12)OCc1ccc[c-]c1-3.[Ir].[c-]1ccccc1-c1ccc2ccccc2n1. The van der Waals surface area contributed by atoms with E-state index in [2.05, 4.69) is 73.4 Å². The van der Waals surface area contributed by atoms with E-state index in [1.165, 1.54) is 16.3 Å². The first kappa shape index (κ1) is 26.7. The largest absolute Gasteiger partial charge is 0.506 e. The summed E-state index contributed by atoms with van der Waals surface area (Å²) in [6.07, 6.45) is 1.06. The van der Waals surface area contributed by atoms with Crippen molar-refractivity contribution in [3.8, 4) is 28.3 Å². The predicted octanol–water partition coefficient (Wildman–Crippen LogP) is 8.49. The van der Waals surface area contributed by atoms with E-state index in [4.69, 9.17) is 9.72 Å². The Morgan fingerprint density at radius 2 is 1.62 bits per heavy atom. The molecule has 1 aliphatic rings. The van der Waals surface area contributed by atoms with Crippen LogP contribution in [0.5, 0.6) is 5.75 Å². The molecule has 0 unspecified atom stereocenters. The minimum absolute atomic E-state index is 0. The number of hydrogen-bond acceptors (Lipinski definition) is 3. The molecule has 0 spiro atoms. The van der Waals surface area contributed by atoms with Crippen molar-refractivity contribution in [3.63, 3.8) is 0 Å². The maximum atomic E-state index is 5.94. The summed E-state index contributed by atoms with van der Waals surface area (Å²) in [6.45, 7) is 5.08. The van der Waals surface area contributed by atoms with Crippen LogP contribution in [0, 0.1) is 18.1 Å². The smallest absolute Gasteiger partial charge is 0.104 e. The van der Waals surface area contributed by atoms with E-state index >= 15 is 0 Å². The van der Waals surface area contributed by atoms with E-state index in [0.717, 1.165) is 51.3 Å². The fraction of sp³-hybridized carbons (Fsp3) is 0.143. The monoisotopic (exact) mass is 685 g/mol. The predicted molar refractivity (Wildman–Crippen MR) is 155 cm³/mol. The Bertz CT molecular complexity index is 1730. The van der Waals surface area contributed by atoms with Gasteiger partial charge < -0.3 is 4.74 Å². The quantitative estimate of drug-likeness (QED) is 0.176. The van der Waals surface area contributed by atoms with Gasteiger partial charge in [-0.15, -0.1) is 65.7 Å². The van der Waals surface area contributed by atoms with Gasteiger partial charge in [0, 0.05) is 31.2 Å². The number of nitrogens with zero attached hydrogens (tertiary/aromatic N) is 2. The van der Waals surface area contributed by atoms with Crippen molar-refractivity contribution in [2.45, 2.75) is 26.9 Å². The first-order valence-electron chi connectivity index (χ1n) is 13.0. The molecule has 0 atom stereocenters. The third kappa shape index (κ3) is 5.78. The van der Waals surface area contributed by atoms with E-state index in [1.54, 1.807) is 0 Å². The van der Waals surface area contributed by atoms with Gasteiger partial charge in [0.25, 0.3) is 0 Å². The number of hydrogen-bond donors (Lipinski definition) is 0. The van der Waals surface area contributed by atoms with Gasteiger partial charge >= 0.3 is 0 Å². The molecule has 3 heterocycles. The van der Waals surface area contributed by atoms with Crippen LogP contribution in [0.1, 0.15) is 25.0 Å². The van der Waals surface area contributed by atoms with Crippen LogP contribution in [-0.4, -0.2) is 9.97 Å². The normalized spacial score (nSPS) is 11.6. The summed E-state index contributed by atoms with van der Waals surface area (Å²) in [4.78, 5) is 9.48. The van der Waals surface area contributed by atoms with Gasteiger partial charge in [0.1, 0.15) is 5.75 Å².